The van der Waals surface area contributed by atoms with Gasteiger partial charge in [-0.25, -0.2) is 0 Å². The Hall–Kier alpha value is -0.120. The molecule has 0 heterocycles. The highest BCUT2D eigenvalue weighted by atomic mass is 16.5. The van der Waals surface area contributed by atoms with Crippen molar-refractivity contribution in [3.63, 3.8) is 0 Å². The average molecular weight is 512 g/mol. The predicted molar refractivity (Wildman–Crippen MR) is 161 cm³/mol. The summed E-state index contributed by atoms with van der Waals surface area (Å²) >= 11 is 0. The van der Waals surface area contributed by atoms with Crippen LogP contribution in [0.2, 0.25) is 0 Å². The van der Waals surface area contributed by atoms with Crippen LogP contribution in [0.25, 0.3) is 0 Å². The third-order valence-electron chi connectivity index (χ3n) is 7.89. The molecule has 0 N–H and O–H groups in total. The van der Waals surface area contributed by atoms with Crippen LogP contribution in [0.1, 0.15) is 168 Å². The number of hydrogen-bond acceptors (Lipinski definition) is 3. The Balaban J connectivity index is 4.02. The molecule has 0 saturated carbocycles. The van der Waals surface area contributed by atoms with Crippen LogP contribution < -0.4 is 0 Å². The Morgan fingerprint density at radius 2 is 0.889 bits per heavy atom. The molecule has 0 aromatic heterocycles. The van der Waals surface area contributed by atoms with Crippen LogP contribution in [0.5, 0.6) is 0 Å². The fourth-order valence-electron chi connectivity index (χ4n) is 5.31. The summed E-state index contributed by atoms with van der Waals surface area (Å²) in [5.41, 5.74) is 0. The molecule has 0 spiro atoms. The normalized spacial score (nSPS) is 11.8. The average Bonchev–Trinajstić information content (AvgIpc) is 2.88. The maximum atomic E-state index is 5.65. The van der Waals surface area contributed by atoms with E-state index in [1.807, 2.05) is 0 Å². The minimum absolute atomic E-state index is 0.708. The maximum absolute atomic E-state index is 5.65. The van der Waals surface area contributed by atoms with E-state index in [-0.39, 0.29) is 0 Å². The second-order valence-corrected chi connectivity index (χ2v) is 11.4. The highest BCUT2D eigenvalue weighted by Gasteiger charge is 2.14. The first kappa shape index (κ1) is 35.9. The van der Waals surface area contributed by atoms with E-state index in [9.17, 15) is 0 Å². The van der Waals surface area contributed by atoms with Gasteiger partial charge in [-0.1, -0.05) is 142 Å². The molecule has 0 saturated heterocycles. The van der Waals surface area contributed by atoms with Gasteiger partial charge < -0.3 is 14.4 Å². The molecule has 0 bridgehead atoms. The Kier molecular flexibility index (Phi) is 31.0. The Morgan fingerprint density at radius 1 is 0.472 bits per heavy atom. The number of nitrogens with zero attached hydrogens (tertiary/aromatic N) is 1. The molecule has 218 valence electrons. The quantitative estimate of drug-likeness (QED) is 0.0864. The van der Waals surface area contributed by atoms with E-state index >= 15 is 0 Å². The smallest absolute Gasteiger partial charge is 0.0700 e. The van der Waals surface area contributed by atoms with Gasteiger partial charge in [0.05, 0.1) is 13.2 Å². The van der Waals surface area contributed by atoms with Crippen molar-refractivity contribution < 1.29 is 9.47 Å². The van der Waals surface area contributed by atoms with Crippen LogP contribution in [0.15, 0.2) is 0 Å². The predicted octanol–water partition coefficient (Wildman–Crippen LogP) is 10.4. The molecule has 0 aliphatic carbocycles. The monoisotopic (exact) mass is 512 g/mol. The Morgan fingerprint density at radius 3 is 1.31 bits per heavy atom. The van der Waals surface area contributed by atoms with Crippen LogP contribution in [-0.4, -0.2) is 51.5 Å². The van der Waals surface area contributed by atoms with E-state index in [4.69, 9.17) is 9.47 Å². The molecule has 3 heteroatoms. The molecule has 0 aromatic carbocycles. The van der Waals surface area contributed by atoms with Gasteiger partial charge >= 0.3 is 0 Å². The summed E-state index contributed by atoms with van der Waals surface area (Å²) in [7, 11) is 4.12. The van der Waals surface area contributed by atoms with Gasteiger partial charge in [-0.15, -0.1) is 0 Å². The van der Waals surface area contributed by atoms with Gasteiger partial charge in [0.25, 0.3) is 0 Å². The van der Waals surface area contributed by atoms with Crippen molar-refractivity contribution >= 4 is 0 Å². The first-order valence-electron chi connectivity index (χ1n) is 16.5. The van der Waals surface area contributed by atoms with E-state index in [1.165, 1.54) is 154 Å². The van der Waals surface area contributed by atoms with Gasteiger partial charge in [-0.2, -0.15) is 0 Å². The maximum Gasteiger partial charge on any atom is 0.0700 e. The highest BCUT2D eigenvalue weighted by molar-refractivity contribution is 4.70. The van der Waals surface area contributed by atoms with Crippen molar-refractivity contribution in [2.45, 2.75) is 174 Å². The second-order valence-electron chi connectivity index (χ2n) is 11.4. The lowest BCUT2D eigenvalue weighted by Gasteiger charge is -2.28. The molecule has 0 atom stereocenters. The van der Waals surface area contributed by atoms with Gasteiger partial charge in [0.15, 0.2) is 0 Å². The van der Waals surface area contributed by atoms with Crippen LogP contribution in [0.4, 0.5) is 0 Å². The standard InChI is InChI=1S/C33H69NO2/c1-5-7-9-11-13-15-17-19-21-23-27-33(34(3)29-25-26-30-36-32-31-35-4)28-24-22-20-18-16-14-12-10-8-6-2/h33H,5-32H2,1-4H3. The lowest BCUT2D eigenvalue weighted by molar-refractivity contribution is 0.0672. The topological polar surface area (TPSA) is 21.7 Å². The summed E-state index contributed by atoms with van der Waals surface area (Å²) in [4.78, 5) is 2.68. The van der Waals surface area contributed by atoms with Crippen molar-refractivity contribution in [3.05, 3.63) is 0 Å². The zero-order valence-corrected chi connectivity index (χ0v) is 25.6. The lowest BCUT2D eigenvalue weighted by Crippen LogP contribution is -2.32. The summed E-state index contributed by atoms with van der Waals surface area (Å²) in [6, 6.07) is 0.780. The zero-order chi connectivity index (χ0) is 26.4. The molecular weight excluding hydrogens is 442 g/mol. The van der Waals surface area contributed by atoms with Gasteiger partial charge in [0.2, 0.25) is 0 Å². The minimum Gasteiger partial charge on any atom is -0.382 e. The molecule has 0 aromatic rings. The van der Waals surface area contributed by atoms with E-state index in [0.717, 1.165) is 25.7 Å². The van der Waals surface area contributed by atoms with Crippen molar-refractivity contribution in [1.82, 2.24) is 4.90 Å². The summed E-state index contributed by atoms with van der Waals surface area (Å²) in [6.07, 6.45) is 33.9. The molecule has 0 fully saturated rings. The Bertz CT molecular complexity index is 366. The van der Waals surface area contributed by atoms with Gasteiger partial charge in [-0.05, 0) is 39.3 Å². The summed E-state index contributed by atoms with van der Waals surface area (Å²) in [5, 5.41) is 0. The van der Waals surface area contributed by atoms with E-state index in [2.05, 4.69) is 25.8 Å². The van der Waals surface area contributed by atoms with Crippen molar-refractivity contribution in [3.8, 4) is 0 Å². The number of rotatable bonds is 31. The SMILES string of the molecule is CCCCCCCCCCCCC(CCCCCCCCCCCC)N(C)CCCCOCCOC. The number of methoxy groups -OCH3 is 1. The van der Waals surface area contributed by atoms with Crippen LogP contribution >= 0.6 is 0 Å². The molecule has 36 heavy (non-hydrogen) atoms. The van der Waals surface area contributed by atoms with Crippen molar-refractivity contribution in [2.75, 3.05) is 40.5 Å². The van der Waals surface area contributed by atoms with Crippen molar-refractivity contribution in [2.24, 2.45) is 0 Å². The third-order valence-corrected chi connectivity index (χ3v) is 7.89. The first-order chi connectivity index (χ1) is 17.8. The molecule has 0 aliphatic heterocycles. The summed E-state index contributed by atoms with van der Waals surface area (Å²) < 4.78 is 10.7. The van der Waals surface area contributed by atoms with Crippen LogP contribution in [0, 0.1) is 0 Å². The molecule has 3 nitrogen and oxygen atoms in total. The fourth-order valence-corrected chi connectivity index (χ4v) is 5.31. The number of hydrogen-bond donors (Lipinski definition) is 0. The largest absolute Gasteiger partial charge is 0.382 e. The molecule has 0 amide bonds. The van der Waals surface area contributed by atoms with E-state index in [0.29, 0.717) is 6.61 Å². The lowest BCUT2D eigenvalue weighted by atomic mass is 9.98. The van der Waals surface area contributed by atoms with Gasteiger partial charge in [-0.3, -0.25) is 0 Å². The summed E-state index contributed by atoms with van der Waals surface area (Å²) in [6.45, 7) is 8.14. The van der Waals surface area contributed by atoms with Gasteiger partial charge in [0, 0.05) is 19.8 Å². The molecule has 0 aliphatic rings. The van der Waals surface area contributed by atoms with Crippen LogP contribution in [-0.2, 0) is 9.47 Å². The zero-order valence-electron chi connectivity index (χ0n) is 25.6. The molecule has 0 rings (SSSR count). The molecule has 0 radical (unpaired) electrons. The second kappa shape index (κ2) is 31.1. The summed E-state index contributed by atoms with van der Waals surface area (Å²) in [5.74, 6) is 0. The Labute approximate surface area is 228 Å². The van der Waals surface area contributed by atoms with Crippen LogP contribution in [0.3, 0.4) is 0 Å². The molecule has 0 unspecified atom stereocenters. The fraction of sp³-hybridized carbons (Fsp3) is 1.00. The number of ether oxygens (including phenoxy) is 2. The van der Waals surface area contributed by atoms with Crippen molar-refractivity contribution in [1.29, 1.82) is 0 Å². The third kappa shape index (κ3) is 26.9. The number of unbranched alkanes of at least 4 members (excludes halogenated alkanes) is 19. The minimum atomic E-state index is 0.708. The van der Waals surface area contributed by atoms with E-state index < -0.39 is 0 Å². The molecular formula is C33H69NO2. The highest BCUT2D eigenvalue weighted by Crippen LogP contribution is 2.19. The van der Waals surface area contributed by atoms with E-state index in [1.54, 1.807) is 7.11 Å². The first-order valence-corrected chi connectivity index (χ1v) is 16.5. The van der Waals surface area contributed by atoms with Gasteiger partial charge in [0.1, 0.15) is 0 Å².